The molecule has 0 saturated heterocycles. The van der Waals surface area contributed by atoms with E-state index in [2.05, 4.69) is 5.32 Å². The molecule has 0 heterocycles. The molecule has 0 amide bonds. The topological polar surface area (TPSA) is 29.1 Å². The number of carbonyl (C=O) groups is 1. The third-order valence-corrected chi connectivity index (χ3v) is 1.25. The third kappa shape index (κ3) is 3.88. The van der Waals surface area contributed by atoms with Crippen molar-refractivity contribution in [3.05, 3.63) is 11.9 Å². The van der Waals surface area contributed by atoms with E-state index >= 15 is 0 Å². The number of likely N-dealkylation sites (N-methyl/N-ethyl adjacent to an activating group) is 1. The van der Waals surface area contributed by atoms with Crippen molar-refractivity contribution in [1.82, 2.24) is 5.32 Å². The molecule has 0 atom stereocenters. The van der Waals surface area contributed by atoms with E-state index < -0.39 is 11.6 Å². The number of Topliss-reactive ketones (excluding diaryl/α,β-unsaturated/α-hetero) is 1. The largest absolute Gasteiger partial charge is 0.316 e. The van der Waals surface area contributed by atoms with Crippen LogP contribution in [0.2, 0.25) is 0 Å². The first-order chi connectivity index (χ1) is 5.09. The summed E-state index contributed by atoms with van der Waals surface area (Å²) in [5, 5.41) is 2.72. The number of nitrogens with one attached hydrogen (secondary N) is 1. The molecule has 0 radical (unpaired) electrons. The monoisotopic (exact) mass is 159 g/mol. The predicted molar refractivity (Wildman–Crippen MR) is 43.0 cm³/mol. The third-order valence-electron chi connectivity index (χ3n) is 1.25. The lowest BCUT2D eigenvalue weighted by Gasteiger charge is -1.99. The molecule has 0 rings (SSSR count). The maximum atomic E-state index is 12.7. The Labute approximate surface area is 66.5 Å². The van der Waals surface area contributed by atoms with Gasteiger partial charge in [-0.1, -0.05) is 13.8 Å². The molecule has 0 spiro atoms. The van der Waals surface area contributed by atoms with E-state index in [0.717, 1.165) is 0 Å². The summed E-state index contributed by atoms with van der Waals surface area (Å²) >= 11 is 0. The second-order valence-electron chi connectivity index (χ2n) is 2.63. The first-order valence-electron chi connectivity index (χ1n) is 3.64. The molecular formula is C8H14FNO. The summed E-state index contributed by atoms with van der Waals surface area (Å²) in [5.41, 5.74) is 0. The van der Waals surface area contributed by atoms with Gasteiger partial charge in [0.25, 0.3) is 0 Å². The molecular weight excluding hydrogens is 145 g/mol. The van der Waals surface area contributed by atoms with Gasteiger partial charge in [0.2, 0.25) is 0 Å². The molecule has 0 bridgehead atoms. The van der Waals surface area contributed by atoms with Gasteiger partial charge < -0.3 is 5.32 Å². The first kappa shape index (κ1) is 10.3. The van der Waals surface area contributed by atoms with Crippen LogP contribution >= 0.6 is 0 Å². The fraction of sp³-hybridized carbons (Fsp3) is 0.625. The van der Waals surface area contributed by atoms with Crippen molar-refractivity contribution in [2.45, 2.75) is 13.8 Å². The molecule has 3 heteroatoms. The first-order valence-corrected chi connectivity index (χ1v) is 3.64. The van der Waals surface area contributed by atoms with Crippen molar-refractivity contribution in [3.63, 3.8) is 0 Å². The number of hydrogen-bond donors (Lipinski definition) is 1. The Hall–Kier alpha value is -0.700. The molecule has 0 unspecified atom stereocenters. The van der Waals surface area contributed by atoms with E-state index in [1.165, 1.54) is 6.08 Å². The average Bonchev–Trinajstić information content (AvgIpc) is 1.98. The zero-order chi connectivity index (χ0) is 8.85. The van der Waals surface area contributed by atoms with Crippen molar-refractivity contribution in [2.75, 3.05) is 13.6 Å². The second-order valence-corrected chi connectivity index (χ2v) is 2.63. The zero-order valence-electron chi connectivity index (χ0n) is 7.15. The summed E-state index contributed by atoms with van der Waals surface area (Å²) in [6, 6.07) is 0. The number of rotatable bonds is 4. The van der Waals surface area contributed by atoms with Crippen LogP contribution in [0.5, 0.6) is 0 Å². The summed E-state index contributed by atoms with van der Waals surface area (Å²) in [5.74, 6) is -1.34. The Kier molecular flexibility index (Phi) is 4.70. The molecule has 0 aromatic carbocycles. The molecule has 0 aromatic rings. The van der Waals surface area contributed by atoms with E-state index in [-0.39, 0.29) is 5.92 Å². The number of ketones is 1. The summed E-state index contributed by atoms with van der Waals surface area (Å²) < 4.78 is 12.7. The van der Waals surface area contributed by atoms with Gasteiger partial charge in [-0.2, -0.15) is 0 Å². The minimum atomic E-state index is -0.644. The van der Waals surface area contributed by atoms with E-state index in [1.807, 2.05) is 0 Å². The summed E-state index contributed by atoms with van der Waals surface area (Å²) in [6.07, 6.45) is 1.25. The van der Waals surface area contributed by atoms with E-state index in [9.17, 15) is 9.18 Å². The summed E-state index contributed by atoms with van der Waals surface area (Å²) in [4.78, 5) is 10.9. The van der Waals surface area contributed by atoms with Crippen molar-refractivity contribution >= 4 is 5.78 Å². The quantitative estimate of drug-likeness (QED) is 0.626. The van der Waals surface area contributed by atoms with Crippen LogP contribution in [-0.4, -0.2) is 19.4 Å². The van der Waals surface area contributed by atoms with Crippen molar-refractivity contribution in [1.29, 1.82) is 0 Å². The van der Waals surface area contributed by atoms with Gasteiger partial charge in [-0.3, -0.25) is 4.79 Å². The second kappa shape index (κ2) is 5.02. The SMILES string of the molecule is CNC/C=C(\F)C(=O)C(C)C. The Morgan fingerprint density at radius 3 is 2.55 bits per heavy atom. The molecule has 1 N–H and O–H groups in total. The fourth-order valence-corrected chi connectivity index (χ4v) is 0.568. The van der Waals surface area contributed by atoms with E-state index in [0.29, 0.717) is 6.54 Å². The highest BCUT2D eigenvalue weighted by atomic mass is 19.1. The Morgan fingerprint density at radius 2 is 2.18 bits per heavy atom. The number of halogens is 1. The molecule has 0 fully saturated rings. The van der Waals surface area contributed by atoms with E-state index in [1.54, 1.807) is 20.9 Å². The minimum absolute atomic E-state index is 0.261. The van der Waals surface area contributed by atoms with Gasteiger partial charge in [-0.05, 0) is 13.1 Å². The molecule has 2 nitrogen and oxygen atoms in total. The van der Waals surface area contributed by atoms with Crippen LogP contribution in [0.4, 0.5) is 4.39 Å². The van der Waals surface area contributed by atoms with Crippen molar-refractivity contribution < 1.29 is 9.18 Å². The predicted octanol–water partition coefficient (Wildman–Crippen LogP) is 1.28. The van der Waals surface area contributed by atoms with Crippen LogP contribution in [-0.2, 0) is 4.79 Å². The molecule has 11 heavy (non-hydrogen) atoms. The minimum Gasteiger partial charge on any atom is -0.316 e. The highest BCUT2D eigenvalue weighted by Gasteiger charge is 2.11. The maximum absolute atomic E-state index is 12.7. The van der Waals surface area contributed by atoms with Crippen LogP contribution in [0.25, 0.3) is 0 Å². The lowest BCUT2D eigenvalue weighted by molar-refractivity contribution is -0.119. The van der Waals surface area contributed by atoms with E-state index in [4.69, 9.17) is 0 Å². The van der Waals surface area contributed by atoms with Crippen LogP contribution in [0.15, 0.2) is 11.9 Å². The fourth-order valence-electron chi connectivity index (χ4n) is 0.568. The van der Waals surface area contributed by atoms with Gasteiger partial charge in [0.15, 0.2) is 11.6 Å². The summed E-state index contributed by atoms with van der Waals surface area (Å²) in [6.45, 7) is 3.74. The lowest BCUT2D eigenvalue weighted by atomic mass is 10.1. The lowest BCUT2D eigenvalue weighted by Crippen LogP contribution is -2.11. The van der Waals surface area contributed by atoms with Crippen LogP contribution in [0.3, 0.4) is 0 Å². The Bertz CT molecular complexity index is 163. The molecule has 64 valence electrons. The van der Waals surface area contributed by atoms with Crippen LogP contribution in [0.1, 0.15) is 13.8 Å². The number of allylic oxidation sites excluding steroid dienone is 1. The Balaban J connectivity index is 4.01. The van der Waals surface area contributed by atoms with Crippen LogP contribution in [0, 0.1) is 5.92 Å². The smallest absolute Gasteiger partial charge is 0.193 e. The van der Waals surface area contributed by atoms with Gasteiger partial charge in [-0.25, -0.2) is 4.39 Å². The van der Waals surface area contributed by atoms with Crippen LogP contribution < -0.4 is 5.32 Å². The summed E-state index contributed by atoms with van der Waals surface area (Å²) in [7, 11) is 1.70. The molecule has 0 saturated carbocycles. The van der Waals surface area contributed by atoms with Gasteiger partial charge in [0.05, 0.1) is 0 Å². The molecule has 0 aromatic heterocycles. The highest BCUT2D eigenvalue weighted by Crippen LogP contribution is 2.05. The van der Waals surface area contributed by atoms with Crippen molar-refractivity contribution in [2.24, 2.45) is 5.92 Å². The van der Waals surface area contributed by atoms with Gasteiger partial charge in [-0.15, -0.1) is 0 Å². The number of hydrogen-bond acceptors (Lipinski definition) is 2. The molecule has 0 aliphatic rings. The molecule has 0 aliphatic heterocycles. The van der Waals surface area contributed by atoms with Gasteiger partial charge >= 0.3 is 0 Å². The van der Waals surface area contributed by atoms with Gasteiger partial charge in [0.1, 0.15) is 0 Å². The van der Waals surface area contributed by atoms with Crippen molar-refractivity contribution in [3.8, 4) is 0 Å². The average molecular weight is 159 g/mol. The maximum Gasteiger partial charge on any atom is 0.193 e. The van der Waals surface area contributed by atoms with Gasteiger partial charge in [0, 0.05) is 12.5 Å². The molecule has 0 aliphatic carbocycles. The number of carbonyl (C=O) groups excluding carboxylic acids is 1. The standard InChI is InChI=1S/C8H14FNO/c1-6(2)8(11)7(9)4-5-10-3/h4,6,10H,5H2,1-3H3/b7-4-. The normalized spacial score (nSPS) is 12.3. The zero-order valence-corrected chi connectivity index (χ0v) is 7.15. The Morgan fingerprint density at radius 1 is 1.64 bits per heavy atom. The highest BCUT2D eigenvalue weighted by molar-refractivity contribution is 5.94.